The lowest BCUT2D eigenvalue weighted by molar-refractivity contribution is 1.14. The molecule has 0 aromatic heterocycles. The Balaban J connectivity index is 1.06. The van der Waals surface area contributed by atoms with Crippen molar-refractivity contribution in [2.24, 2.45) is 0 Å². The second-order valence-electron chi connectivity index (χ2n) is 13.3. The Labute approximate surface area is 307 Å². The Morgan fingerprint density at radius 2 is 0.635 bits per heavy atom. The Kier molecular flexibility index (Phi) is 9.37. The third kappa shape index (κ3) is 6.97. The average Bonchev–Trinajstić information content (AvgIpc) is 3.21. The summed E-state index contributed by atoms with van der Waals surface area (Å²) in [4.78, 5) is 4.68. The van der Waals surface area contributed by atoms with Crippen LogP contribution in [0.5, 0.6) is 0 Å². The van der Waals surface area contributed by atoms with Gasteiger partial charge in [0.15, 0.2) is 0 Å². The highest BCUT2D eigenvalue weighted by Crippen LogP contribution is 2.38. The number of fused-ring (bicyclic) bond motifs is 2. The van der Waals surface area contributed by atoms with Crippen molar-refractivity contribution in [1.29, 1.82) is 0 Å². The number of benzene rings is 8. The first-order chi connectivity index (χ1) is 25.6. The minimum absolute atomic E-state index is 1.02. The van der Waals surface area contributed by atoms with E-state index in [9.17, 15) is 0 Å². The molecule has 0 aliphatic heterocycles. The number of rotatable bonds is 10. The molecule has 8 rings (SSSR count). The molecule has 252 valence electrons. The summed E-state index contributed by atoms with van der Waals surface area (Å²) < 4.78 is 0. The van der Waals surface area contributed by atoms with Gasteiger partial charge in [0.25, 0.3) is 0 Å². The molecule has 0 heterocycles. The fourth-order valence-electron chi connectivity index (χ4n) is 6.95. The lowest BCUT2D eigenvalue weighted by atomic mass is 10.1. The molecule has 0 bridgehead atoms. The van der Waals surface area contributed by atoms with E-state index in [1.54, 1.807) is 0 Å². The minimum Gasteiger partial charge on any atom is -0.310 e. The first-order valence-electron chi connectivity index (χ1n) is 18.3. The van der Waals surface area contributed by atoms with Crippen molar-refractivity contribution >= 4 is 67.8 Å². The van der Waals surface area contributed by atoms with Gasteiger partial charge in [0.05, 0.1) is 0 Å². The first-order valence-corrected chi connectivity index (χ1v) is 18.3. The highest BCUT2D eigenvalue weighted by molar-refractivity contribution is 5.91. The molecule has 8 aromatic rings. The van der Waals surface area contributed by atoms with Crippen LogP contribution < -0.4 is 9.80 Å². The van der Waals surface area contributed by atoms with E-state index in [4.69, 9.17) is 0 Å². The topological polar surface area (TPSA) is 6.48 Å². The van der Waals surface area contributed by atoms with Gasteiger partial charge in [0, 0.05) is 34.1 Å². The molecule has 8 aromatic carbocycles. The molecular weight excluding hydrogens is 629 g/mol. The van der Waals surface area contributed by atoms with E-state index in [-0.39, 0.29) is 0 Å². The summed E-state index contributed by atoms with van der Waals surface area (Å²) in [6.07, 6.45) is 6.44. The van der Waals surface area contributed by atoms with Crippen LogP contribution in [0.4, 0.5) is 34.1 Å². The first kappa shape index (κ1) is 32.8. The summed E-state index contributed by atoms with van der Waals surface area (Å²) in [7, 11) is 0. The summed E-state index contributed by atoms with van der Waals surface area (Å²) in [5.41, 5.74) is 11.8. The maximum atomic E-state index is 2.34. The highest BCUT2D eigenvalue weighted by atomic mass is 15.1. The molecule has 0 spiro atoms. The summed E-state index contributed by atoms with van der Waals surface area (Å²) in [6.45, 7) is 4.40. The molecule has 0 aliphatic rings. The van der Waals surface area contributed by atoms with Crippen molar-refractivity contribution in [2.75, 3.05) is 9.80 Å². The van der Waals surface area contributed by atoms with Crippen molar-refractivity contribution in [2.45, 2.75) is 26.7 Å². The third-order valence-electron chi connectivity index (χ3n) is 9.96. The van der Waals surface area contributed by atoms with Gasteiger partial charge in [-0.15, -0.1) is 0 Å². The second kappa shape index (κ2) is 14.8. The van der Waals surface area contributed by atoms with Crippen LogP contribution in [-0.2, 0) is 12.8 Å². The summed E-state index contributed by atoms with van der Waals surface area (Å²) in [5.74, 6) is 0. The van der Waals surface area contributed by atoms with E-state index in [0.717, 1.165) is 58.1 Å². The van der Waals surface area contributed by atoms with Crippen molar-refractivity contribution in [3.63, 3.8) is 0 Å². The van der Waals surface area contributed by atoms with Crippen molar-refractivity contribution < 1.29 is 0 Å². The molecule has 52 heavy (non-hydrogen) atoms. The van der Waals surface area contributed by atoms with Gasteiger partial charge in [-0.1, -0.05) is 135 Å². The lowest BCUT2D eigenvalue weighted by Gasteiger charge is -2.26. The van der Waals surface area contributed by atoms with Gasteiger partial charge in [0.1, 0.15) is 0 Å². The van der Waals surface area contributed by atoms with Crippen molar-refractivity contribution in [1.82, 2.24) is 0 Å². The van der Waals surface area contributed by atoms with Crippen LogP contribution in [0, 0.1) is 0 Å². The molecule has 0 atom stereocenters. The fraction of sp³-hybridized carbons (Fsp3) is 0.0800. The van der Waals surface area contributed by atoms with E-state index >= 15 is 0 Å². The maximum absolute atomic E-state index is 2.34. The third-order valence-corrected chi connectivity index (χ3v) is 9.96. The molecule has 0 unspecified atom stereocenters. The Morgan fingerprint density at radius 3 is 0.981 bits per heavy atom. The Bertz CT molecular complexity index is 2280. The number of hydrogen-bond acceptors (Lipinski definition) is 2. The molecule has 0 N–H and O–H groups in total. The predicted octanol–water partition coefficient (Wildman–Crippen LogP) is 14.2. The van der Waals surface area contributed by atoms with Gasteiger partial charge >= 0.3 is 0 Å². The summed E-state index contributed by atoms with van der Waals surface area (Å²) in [6, 6.07) is 66.0. The van der Waals surface area contributed by atoms with E-state index in [2.05, 4.69) is 218 Å². The van der Waals surface area contributed by atoms with Gasteiger partial charge in [-0.05, 0) is 129 Å². The SMILES string of the molecule is CCc1ccc(N(c2ccc(/C=C/c3ccc(N(c4ccc(CC)cc4)c4ccc5ccccc5c4)cc3)cc2)c2ccc3ccccc3c2)cc1. The van der Waals surface area contributed by atoms with E-state index in [1.165, 1.54) is 32.7 Å². The molecule has 0 fully saturated rings. The largest absolute Gasteiger partial charge is 0.310 e. The zero-order valence-electron chi connectivity index (χ0n) is 29.8. The van der Waals surface area contributed by atoms with Crippen LogP contribution in [0.1, 0.15) is 36.1 Å². The normalized spacial score (nSPS) is 11.3. The Hall–Kier alpha value is -6.38. The fourth-order valence-corrected chi connectivity index (χ4v) is 6.95. The zero-order chi connectivity index (χ0) is 35.3. The van der Waals surface area contributed by atoms with Crippen LogP contribution in [-0.4, -0.2) is 0 Å². The monoisotopic (exact) mass is 670 g/mol. The quantitative estimate of drug-likeness (QED) is 0.134. The van der Waals surface area contributed by atoms with Gasteiger partial charge in [-0.2, -0.15) is 0 Å². The smallest absolute Gasteiger partial charge is 0.0468 e. The number of hydrogen-bond donors (Lipinski definition) is 0. The molecule has 0 saturated carbocycles. The van der Waals surface area contributed by atoms with Gasteiger partial charge in [-0.3, -0.25) is 0 Å². The summed E-state index contributed by atoms with van der Waals surface area (Å²) >= 11 is 0. The standard InChI is InChI=1S/C50H42N2/c1-3-37-15-25-45(26-16-37)51(49-33-23-41-9-5-7-11-43(41)35-49)47-29-19-39(20-30-47)13-14-40-21-31-48(32-22-40)52(46-27-17-38(4-2)18-28-46)50-34-24-42-10-6-8-12-44(42)36-50/h5-36H,3-4H2,1-2H3/b14-13+. The van der Waals surface area contributed by atoms with Gasteiger partial charge in [0.2, 0.25) is 0 Å². The molecule has 0 amide bonds. The number of nitrogens with zero attached hydrogens (tertiary/aromatic N) is 2. The van der Waals surface area contributed by atoms with E-state index in [1.807, 2.05) is 0 Å². The number of aryl methyl sites for hydroxylation is 2. The second-order valence-corrected chi connectivity index (χ2v) is 13.3. The van der Waals surface area contributed by atoms with Crippen LogP contribution in [0.25, 0.3) is 33.7 Å². The van der Waals surface area contributed by atoms with Gasteiger partial charge < -0.3 is 9.80 Å². The van der Waals surface area contributed by atoms with Crippen molar-refractivity contribution in [3.8, 4) is 0 Å². The Morgan fingerprint density at radius 1 is 0.327 bits per heavy atom. The van der Waals surface area contributed by atoms with Crippen LogP contribution in [0.15, 0.2) is 182 Å². The number of anilines is 6. The lowest BCUT2D eigenvalue weighted by Crippen LogP contribution is -2.10. The summed E-state index contributed by atoms with van der Waals surface area (Å²) in [5, 5.41) is 4.95. The molecule has 0 aliphatic carbocycles. The predicted molar refractivity (Wildman–Crippen MR) is 225 cm³/mol. The van der Waals surface area contributed by atoms with E-state index in [0.29, 0.717) is 0 Å². The molecule has 0 radical (unpaired) electrons. The maximum Gasteiger partial charge on any atom is 0.0468 e. The minimum atomic E-state index is 1.02. The zero-order valence-corrected chi connectivity index (χ0v) is 29.8. The molecule has 2 heteroatoms. The van der Waals surface area contributed by atoms with E-state index < -0.39 is 0 Å². The van der Waals surface area contributed by atoms with Crippen LogP contribution in [0.2, 0.25) is 0 Å². The van der Waals surface area contributed by atoms with Crippen molar-refractivity contribution in [3.05, 3.63) is 204 Å². The van der Waals surface area contributed by atoms with Crippen LogP contribution in [0.3, 0.4) is 0 Å². The molecule has 2 nitrogen and oxygen atoms in total. The van der Waals surface area contributed by atoms with Gasteiger partial charge in [-0.25, -0.2) is 0 Å². The molecular formula is C50H42N2. The molecule has 0 saturated heterocycles. The highest BCUT2D eigenvalue weighted by Gasteiger charge is 2.15. The van der Waals surface area contributed by atoms with Crippen LogP contribution >= 0.6 is 0 Å². The average molecular weight is 671 g/mol.